The van der Waals surface area contributed by atoms with E-state index < -0.39 is 26.2 Å². The van der Waals surface area contributed by atoms with Crippen LogP contribution in [0.25, 0.3) is 0 Å². The Morgan fingerprint density at radius 3 is 2.46 bits per heavy atom. The van der Waals surface area contributed by atoms with Crippen molar-refractivity contribution < 1.29 is 17.9 Å². The maximum atomic E-state index is 13.1. The van der Waals surface area contributed by atoms with Crippen molar-refractivity contribution in [3.63, 3.8) is 0 Å². The van der Waals surface area contributed by atoms with Crippen LogP contribution in [-0.2, 0) is 24.1 Å². The Bertz CT molecular complexity index is 1120. The van der Waals surface area contributed by atoms with Gasteiger partial charge in [0.15, 0.2) is 16.4 Å². The van der Waals surface area contributed by atoms with E-state index >= 15 is 0 Å². The highest BCUT2D eigenvalue weighted by Gasteiger charge is 2.36. The largest absolute Gasteiger partial charge is 0.493 e. The quantitative estimate of drug-likeness (QED) is 0.703. The van der Waals surface area contributed by atoms with Crippen molar-refractivity contribution >= 4 is 10.0 Å². The molecule has 2 heterocycles. The predicted molar refractivity (Wildman–Crippen MR) is 103 cm³/mol. The van der Waals surface area contributed by atoms with E-state index in [1.165, 1.54) is 18.4 Å². The van der Waals surface area contributed by atoms with Gasteiger partial charge >= 0.3 is 5.69 Å². The SMILES string of the molecule is COc1cccc(C2CCN(S(=O)(=O)c3cn(C)c(=O)n(C)c3=O)C2)c1OC. The summed E-state index contributed by atoms with van der Waals surface area (Å²) in [6.07, 6.45) is 1.66. The van der Waals surface area contributed by atoms with Gasteiger partial charge in [-0.1, -0.05) is 12.1 Å². The highest BCUT2D eigenvalue weighted by molar-refractivity contribution is 7.89. The van der Waals surface area contributed by atoms with Gasteiger partial charge < -0.3 is 14.0 Å². The Hall–Kier alpha value is -2.59. The Morgan fingerprint density at radius 2 is 1.82 bits per heavy atom. The number of aromatic nitrogens is 2. The van der Waals surface area contributed by atoms with Crippen LogP contribution in [0, 0.1) is 0 Å². The molecule has 1 aromatic heterocycles. The average molecular weight is 409 g/mol. The number of nitrogens with zero attached hydrogens (tertiary/aromatic N) is 3. The lowest BCUT2D eigenvalue weighted by molar-refractivity contribution is 0.349. The molecule has 1 atom stereocenters. The molecule has 0 bridgehead atoms. The van der Waals surface area contributed by atoms with E-state index in [-0.39, 0.29) is 19.0 Å². The van der Waals surface area contributed by atoms with Gasteiger partial charge in [0.2, 0.25) is 10.0 Å². The second-order valence-electron chi connectivity index (χ2n) is 6.68. The van der Waals surface area contributed by atoms with Crippen molar-refractivity contribution in [1.29, 1.82) is 0 Å². The number of hydrogen-bond donors (Lipinski definition) is 0. The van der Waals surface area contributed by atoms with Crippen LogP contribution in [0.2, 0.25) is 0 Å². The van der Waals surface area contributed by atoms with Crippen LogP contribution >= 0.6 is 0 Å². The number of aryl methyl sites for hydroxylation is 1. The number of sulfonamides is 1. The van der Waals surface area contributed by atoms with Crippen molar-refractivity contribution in [3.8, 4) is 11.5 Å². The molecular weight excluding hydrogens is 386 g/mol. The standard InChI is InChI=1S/C18H23N3O6S/c1-19-11-15(17(22)20(2)18(19)23)28(24,25)21-9-8-12(10-21)13-6-5-7-14(26-3)16(13)27-4/h5-7,11-12H,8-10H2,1-4H3. The Labute approximate surface area is 162 Å². The summed E-state index contributed by atoms with van der Waals surface area (Å²) in [6.45, 7) is 0.469. The first-order valence-corrected chi connectivity index (χ1v) is 10.1. The summed E-state index contributed by atoms with van der Waals surface area (Å²) in [7, 11) is 1.72. The van der Waals surface area contributed by atoms with E-state index in [4.69, 9.17) is 9.47 Å². The first kappa shape index (κ1) is 20.2. The molecule has 3 rings (SSSR count). The van der Waals surface area contributed by atoms with Crippen molar-refractivity contribution in [2.24, 2.45) is 14.1 Å². The third-order valence-electron chi connectivity index (χ3n) is 5.06. The molecule has 1 aliphatic rings. The van der Waals surface area contributed by atoms with Gasteiger partial charge in [-0.15, -0.1) is 0 Å². The zero-order valence-corrected chi connectivity index (χ0v) is 17.0. The molecule has 152 valence electrons. The lowest BCUT2D eigenvalue weighted by Gasteiger charge is -2.19. The van der Waals surface area contributed by atoms with E-state index in [2.05, 4.69) is 0 Å². The summed E-state index contributed by atoms with van der Waals surface area (Å²) in [6, 6.07) is 5.49. The van der Waals surface area contributed by atoms with Crippen LogP contribution in [0.1, 0.15) is 17.9 Å². The fraction of sp³-hybridized carbons (Fsp3) is 0.444. The van der Waals surface area contributed by atoms with Gasteiger partial charge in [-0.3, -0.25) is 9.36 Å². The Balaban J connectivity index is 1.97. The maximum Gasteiger partial charge on any atom is 0.330 e. The van der Waals surface area contributed by atoms with Crippen LogP contribution in [0.5, 0.6) is 11.5 Å². The molecule has 0 spiro atoms. The first-order chi connectivity index (χ1) is 13.2. The fourth-order valence-electron chi connectivity index (χ4n) is 3.52. The molecule has 0 amide bonds. The van der Waals surface area contributed by atoms with E-state index in [0.29, 0.717) is 17.9 Å². The second-order valence-corrected chi connectivity index (χ2v) is 8.59. The van der Waals surface area contributed by atoms with Gasteiger partial charge in [0, 0.05) is 44.9 Å². The first-order valence-electron chi connectivity index (χ1n) is 8.70. The molecule has 0 radical (unpaired) electrons. The van der Waals surface area contributed by atoms with E-state index in [1.54, 1.807) is 20.3 Å². The fourth-order valence-corrected chi connectivity index (χ4v) is 5.17. The van der Waals surface area contributed by atoms with Gasteiger partial charge in [-0.25, -0.2) is 13.2 Å². The summed E-state index contributed by atoms with van der Waals surface area (Å²) in [5.74, 6) is 1.05. The smallest absolute Gasteiger partial charge is 0.330 e. The molecule has 1 unspecified atom stereocenters. The van der Waals surface area contributed by atoms with Crippen LogP contribution in [0.4, 0.5) is 0 Å². The number of benzene rings is 1. The van der Waals surface area contributed by atoms with Crippen molar-refractivity contribution in [1.82, 2.24) is 13.4 Å². The molecule has 0 N–H and O–H groups in total. The number of ether oxygens (including phenoxy) is 2. The summed E-state index contributed by atoms with van der Waals surface area (Å²) >= 11 is 0. The van der Waals surface area contributed by atoms with Gasteiger partial charge in [0.1, 0.15) is 0 Å². The number of hydrogen-bond acceptors (Lipinski definition) is 6. The topological polar surface area (TPSA) is 99.8 Å². The highest BCUT2D eigenvalue weighted by atomic mass is 32.2. The van der Waals surface area contributed by atoms with Crippen molar-refractivity contribution in [2.45, 2.75) is 17.2 Å². The summed E-state index contributed by atoms with van der Waals surface area (Å²) in [5, 5.41) is 0. The lowest BCUT2D eigenvalue weighted by atomic mass is 9.97. The molecule has 1 aliphatic heterocycles. The molecule has 10 heteroatoms. The summed E-state index contributed by atoms with van der Waals surface area (Å²) < 4.78 is 40.1. The predicted octanol–water partition coefficient (Wildman–Crippen LogP) is 0.279. The van der Waals surface area contributed by atoms with Crippen LogP contribution in [0.3, 0.4) is 0 Å². The molecule has 28 heavy (non-hydrogen) atoms. The Kier molecular flexibility index (Phi) is 5.35. The monoisotopic (exact) mass is 409 g/mol. The minimum atomic E-state index is -4.04. The molecule has 2 aromatic rings. The van der Waals surface area contributed by atoms with Gasteiger partial charge in [0.05, 0.1) is 14.2 Å². The van der Waals surface area contributed by atoms with Crippen LogP contribution in [-0.4, -0.2) is 49.2 Å². The normalized spacial score (nSPS) is 17.6. The van der Waals surface area contributed by atoms with Gasteiger partial charge in [-0.2, -0.15) is 4.31 Å². The van der Waals surface area contributed by atoms with Gasteiger partial charge in [0.25, 0.3) is 5.56 Å². The Morgan fingerprint density at radius 1 is 1.11 bits per heavy atom. The number of para-hydroxylation sites is 1. The second kappa shape index (κ2) is 7.44. The molecule has 9 nitrogen and oxygen atoms in total. The molecular formula is C18H23N3O6S. The van der Waals surface area contributed by atoms with Crippen molar-refractivity contribution in [2.75, 3.05) is 27.3 Å². The van der Waals surface area contributed by atoms with Crippen LogP contribution < -0.4 is 20.7 Å². The zero-order valence-electron chi connectivity index (χ0n) is 16.2. The number of methoxy groups -OCH3 is 2. The lowest BCUT2D eigenvalue weighted by Crippen LogP contribution is -2.42. The average Bonchev–Trinajstić information content (AvgIpc) is 3.19. The minimum absolute atomic E-state index is 0.101. The van der Waals surface area contributed by atoms with Gasteiger partial charge in [-0.05, 0) is 12.5 Å². The minimum Gasteiger partial charge on any atom is -0.493 e. The molecule has 1 saturated heterocycles. The molecule has 0 aliphatic carbocycles. The highest BCUT2D eigenvalue weighted by Crippen LogP contribution is 2.40. The van der Waals surface area contributed by atoms with E-state index in [1.807, 2.05) is 12.1 Å². The molecule has 1 aromatic carbocycles. The summed E-state index contributed by atoms with van der Waals surface area (Å²) in [5.41, 5.74) is -0.553. The third-order valence-corrected chi connectivity index (χ3v) is 6.90. The van der Waals surface area contributed by atoms with Crippen LogP contribution in [0.15, 0.2) is 38.9 Å². The number of rotatable bonds is 5. The van der Waals surface area contributed by atoms with Crippen molar-refractivity contribution in [3.05, 3.63) is 50.8 Å². The summed E-state index contributed by atoms with van der Waals surface area (Å²) in [4.78, 5) is 23.8. The molecule has 0 saturated carbocycles. The van der Waals surface area contributed by atoms with E-state index in [0.717, 1.165) is 20.9 Å². The molecule has 1 fully saturated rings. The third kappa shape index (κ3) is 3.22. The maximum absolute atomic E-state index is 13.1. The zero-order chi connectivity index (χ0) is 20.6. The van der Waals surface area contributed by atoms with E-state index in [9.17, 15) is 18.0 Å².